The second-order valence-corrected chi connectivity index (χ2v) is 4.96. The van der Waals surface area contributed by atoms with Crippen molar-refractivity contribution in [3.05, 3.63) is 18.0 Å². The van der Waals surface area contributed by atoms with E-state index in [0.29, 0.717) is 0 Å². The molecule has 0 aromatic carbocycles. The predicted octanol–water partition coefficient (Wildman–Crippen LogP) is 1.25. The lowest BCUT2D eigenvalue weighted by atomic mass is 10.1. The highest BCUT2D eigenvalue weighted by Gasteiger charge is 2.20. The van der Waals surface area contributed by atoms with Gasteiger partial charge in [-0.3, -0.25) is 4.68 Å². The van der Waals surface area contributed by atoms with Crippen molar-refractivity contribution in [2.75, 3.05) is 6.54 Å². The molecule has 1 aromatic heterocycles. The molecule has 0 saturated heterocycles. The van der Waals surface area contributed by atoms with Gasteiger partial charge in [0.15, 0.2) is 0 Å². The Balaban J connectivity index is 1.75. The number of hydrogen-bond donors (Lipinski definition) is 2. The fraction of sp³-hybridized carbons (Fsp3) is 0.769. The molecule has 1 aliphatic rings. The number of nitrogens with zero attached hydrogens (tertiary/aromatic N) is 2. The number of aryl methyl sites for hydroxylation is 1. The van der Waals surface area contributed by atoms with Gasteiger partial charge in [0.1, 0.15) is 0 Å². The standard InChI is InChI=1S/C13H23N3O/c1-16-11(8-10-15-16)7-9-14-12-5-3-2-4-6-13(12)17/h8,10,12-14,17H,2-7,9H2,1H3. The first kappa shape index (κ1) is 12.6. The molecule has 2 N–H and O–H groups in total. The number of aliphatic hydroxyl groups excluding tert-OH is 1. The van der Waals surface area contributed by atoms with Gasteiger partial charge in [0, 0.05) is 37.9 Å². The number of rotatable bonds is 4. The monoisotopic (exact) mass is 237 g/mol. The van der Waals surface area contributed by atoms with Crippen molar-refractivity contribution in [2.45, 2.75) is 50.7 Å². The molecule has 96 valence electrons. The van der Waals surface area contributed by atoms with Gasteiger partial charge in [-0.15, -0.1) is 0 Å². The predicted molar refractivity (Wildman–Crippen MR) is 67.8 cm³/mol. The van der Waals surface area contributed by atoms with Gasteiger partial charge in [-0.25, -0.2) is 0 Å². The maximum Gasteiger partial charge on any atom is 0.0693 e. The van der Waals surface area contributed by atoms with Crippen LogP contribution in [0.4, 0.5) is 0 Å². The lowest BCUT2D eigenvalue weighted by Gasteiger charge is -2.21. The fourth-order valence-electron chi connectivity index (χ4n) is 2.56. The molecule has 17 heavy (non-hydrogen) atoms. The fourth-order valence-corrected chi connectivity index (χ4v) is 2.56. The molecule has 1 fully saturated rings. The summed E-state index contributed by atoms with van der Waals surface area (Å²) in [7, 11) is 1.97. The van der Waals surface area contributed by atoms with E-state index in [1.807, 2.05) is 24.0 Å². The lowest BCUT2D eigenvalue weighted by molar-refractivity contribution is 0.120. The van der Waals surface area contributed by atoms with E-state index in [-0.39, 0.29) is 12.1 Å². The van der Waals surface area contributed by atoms with Crippen molar-refractivity contribution in [1.29, 1.82) is 0 Å². The summed E-state index contributed by atoms with van der Waals surface area (Å²) in [5.74, 6) is 0. The highest BCUT2D eigenvalue weighted by Crippen LogP contribution is 2.17. The van der Waals surface area contributed by atoms with E-state index in [9.17, 15) is 5.11 Å². The topological polar surface area (TPSA) is 50.1 Å². The first-order chi connectivity index (χ1) is 8.27. The van der Waals surface area contributed by atoms with Crippen molar-refractivity contribution in [3.8, 4) is 0 Å². The Morgan fingerprint density at radius 1 is 1.41 bits per heavy atom. The van der Waals surface area contributed by atoms with E-state index in [2.05, 4.69) is 10.4 Å². The molecule has 2 unspecified atom stereocenters. The summed E-state index contributed by atoms with van der Waals surface area (Å²) in [5.41, 5.74) is 1.24. The molecule has 0 radical (unpaired) electrons. The first-order valence-corrected chi connectivity index (χ1v) is 6.65. The van der Waals surface area contributed by atoms with Gasteiger partial charge < -0.3 is 10.4 Å². The second-order valence-electron chi connectivity index (χ2n) is 4.96. The molecule has 1 saturated carbocycles. The number of aromatic nitrogens is 2. The third-order valence-corrected chi connectivity index (χ3v) is 3.69. The van der Waals surface area contributed by atoms with Gasteiger partial charge in [0.05, 0.1) is 6.10 Å². The highest BCUT2D eigenvalue weighted by molar-refractivity contribution is 5.00. The van der Waals surface area contributed by atoms with Gasteiger partial charge in [-0.05, 0) is 18.9 Å². The Morgan fingerprint density at radius 2 is 2.24 bits per heavy atom. The Labute approximate surface area is 103 Å². The summed E-state index contributed by atoms with van der Waals surface area (Å²) in [6, 6.07) is 2.33. The molecule has 1 heterocycles. The molecule has 0 spiro atoms. The molecule has 0 amide bonds. The van der Waals surface area contributed by atoms with Crippen LogP contribution in [0.3, 0.4) is 0 Å². The maximum atomic E-state index is 9.98. The molecule has 1 aliphatic carbocycles. The van der Waals surface area contributed by atoms with Crippen molar-refractivity contribution in [3.63, 3.8) is 0 Å². The molecule has 2 atom stereocenters. The van der Waals surface area contributed by atoms with Crippen LogP contribution in [-0.2, 0) is 13.5 Å². The van der Waals surface area contributed by atoms with E-state index in [1.165, 1.54) is 25.0 Å². The Morgan fingerprint density at radius 3 is 3.00 bits per heavy atom. The minimum Gasteiger partial charge on any atom is -0.392 e. The van der Waals surface area contributed by atoms with Crippen LogP contribution in [0.1, 0.15) is 37.8 Å². The van der Waals surface area contributed by atoms with Crippen LogP contribution < -0.4 is 5.32 Å². The third kappa shape index (κ3) is 3.54. The first-order valence-electron chi connectivity index (χ1n) is 6.65. The Bertz CT molecular complexity index is 337. The third-order valence-electron chi connectivity index (χ3n) is 3.69. The van der Waals surface area contributed by atoms with Crippen molar-refractivity contribution in [1.82, 2.24) is 15.1 Å². The van der Waals surface area contributed by atoms with Crippen LogP contribution in [0.5, 0.6) is 0 Å². The summed E-state index contributed by atoms with van der Waals surface area (Å²) < 4.78 is 1.91. The number of aliphatic hydroxyl groups is 1. The SMILES string of the molecule is Cn1nccc1CCNC1CCCCCC1O. The smallest absolute Gasteiger partial charge is 0.0693 e. The Hall–Kier alpha value is -0.870. The molecule has 0 bridgehead atoms. The largest absolute Gasteiger partial charge is 0.392 e. The molecular formula is C13H23N3O. The van der Waals surface area contributed by atoms with Crippen LogP contribution in [0.2, 0.25) is 0 Å². The van der Waals surface area contributed by atoms with Gasteiger partial charge in [-0.1, -0.05) is 19.3 Å². The average molecular weight is 237 g/mol. The summed E-state index contributed by atoms with van der Waals surface area (Å²) >= 11 is 0. The molecule has 4 heteroatoms. The number of hydrogen-bond acceptors (Lipinski definition) is 3. The zero-order valence-corrected chi connectivity index (χ0v) is 10.6. The average Bonchev–Trinajstić information content (AvgIpc) is 2.60. The van der Waals surface area contributed by atoms with Gasteiger partial charge in [0.25, 0.3) is 0 Å². The van der Waals surface area contributed by atoms with Crippen LogP contribution in [0, 0.1) is 0 Å². The summed E-state index contributed by atoms with van der Waals surface area (Å²) in [4.78, 5) is 0. The van der Waals surface area contributed by atoms with Gasteiger partial charge in [-0.2, -0.15) is 5.10 Å². The van der Waals surface area contributed by atoms with E-state index < -0.39 is 0 Å². The minimum absolute atomic E-state index is 0.163. The van der Waals surface area contributed by atoms with Crippen LogP contribution in [0.15, 0.2) is 12.3 Å². The zero-order valence-electron chi connectivity index (χ0n) is 10.6. The molecular weight excluding hydrogens is 214 g/mol. The molecule has 4 nitrogen and oxygen atoms in total. The van der Waals surface area contributed by atoms with Crippen molar-refractivity contribution < 1.29 is 5.11 Å². The summed E-state index contributed by atoms with van der Waals surface area (Å²) in [6.45, 7) is 0.918. The van der Waals surface area contributed by atoms with Gasteiger partial charge >= 0.3 is 0 Å². The normalized spacial score (nSPS) is 25.8. The highest BCUT2D eigenvalue weighted by atomic mass is 16.3. The van der Waals surface area contributed by atoms with Crippen LogP contribution in [-0.4, -0.2) is 33.6 Å². The van der Waals surface area contributed by atoms with Crippen LogP contribution >= 0.6 is 0 Å². The lowest BCUT2D eigenvalue weighted by Crippen LogP contribution is -2.40. The minimum atomic E-state index is -0.163. The molecule has 0 aliphatic heterocycles. The van der Waals surface area contributed by atoms with E-state index in [4.69, 9.17) is 0 Å². The zero-order chi connectivity index (χ0) is 12.1. The van der Waals surface area contributed by atoms with E-state index >= 15 is 0 Å². The number of nitrogens with one attached hydrogen (secondary N) is 1. The van der Waals surface area contributed by atoms with Crippen molar-refractivity contribution >= 4 is 0 Å². The maximum absolute atomic E-state index is 9.98. The summed E-state index contributed by atoms with van der Waals surface area (Å²) in [5, 5.41) is 17.6. The van der Waals surface area contributed by atoms with E-state index in [0.717, 1.165) is 25.8 Å². The van der Waals surface area contributed by atoms with E-state index in [1.54, 1.807) is 0 Å². The van der Waals surface area contributed by atoms with Crippen LogP contribution in [0.25, 0.3) is 0 Å². The molecule has 1 aromatic rings. The van der Waals surface area contributed by atoms with Crippen molar-refractivity contribution in [2.24, 2.45) is 7.05 Å². The quantitative estimate of drug-likeness (QED) is 0.775. The molecule has 2 rings (SSSR count). The summed E-state index contributed by atoms with van der Waals surface area (Å²) in [6.07, 6.45) is 8.35. The Kier molecular flexibility index (Phi) is 4.57. The second kappa shape index (κ2) is 6.17. The van der Waals surface area contributed by atoms with Gasteiger partial charge in [0.2, 0.25) is 0 Å².